The van der Waals surface area contributed by atoms with Crippen LogP contribution < -0.4 is 9.47 Å². The first-order chi connectivity index (χ1) is 26.3. The highest BCUT2D eigenvalue weighted by molar-refractivity contribution is 8.13. The Kier molecular flexibility index (Phi) is 13.6. The van der Waals surface area contributed by atoms with Crippen LogP contribution in [0.3, 0.4) is 0 Å². The van der Waals surface area contributed by atoms with Gasteiger partial charge in [0, 0.05) is 144 Å². The number of nitrogens with one attached hydrogen (secondary N) is 1. The average molecular weight is 692 g/mol. The van der Waals surface area contributed by atoms with E-state index < -0.39 is 44.7 Å². The second kappa shape index (κ2) is 18.0. The lowest BCUT2D eigenvalue weighted by molar-refractivity contribution is 0.127. The summed E-state index contributed by atoms with van der Waals surface area (Å²) in [5.41, 5.74) is 9.74. The molecule has 4 aromatic carbocycles. The van der Waals surface area contributed by atoms with Gasteiger partial charge < -0.3 is 14.5 Å². The van der Waals surface area contributed by atoms with E-state index in [1.54, 1.807) is 19.2 Å². The van der Waals surface area contributed by atoms with Gasteiger partial charge in [-0.15, -0.1) is 0 Å². The maximum Gasteiger partial charge on any atom is 0.162 e. The smallest absolute Gasteiger partial charge is 0.162 e. The molecular formula is C34H31B16FN2O2. The maximum atomic E-state index is 13.9. The number of nitrogens with zero attached hydrogens (tertiary/aromatic N) is 1. The lowest BCUT2D eigenvalue weighted by Gasteiger charge is -2.46. The van der Waals surface area contributed by atoms with E-state index in [9.17, 15) is 4.39 Å². The third-order valence-corrected chi connectivity index (χ3v) is 11.0. The summed E-state index contributed by atoms with van der Waals surface area (Å²) in [5.74, 6) is 1.32. The first-order valence-corrected chi connectivity index (χ1v) is 18.6. The molecule has 0 fully saturated rings. The molecule has 2 aliphatic heterocycles. The molecule has 244 valence electrons. The van der Waals surface area contributed by atoms with Gasteiger partial charge >= 0.3 is 0 Å². The Labute approximate surface area is 340 Å². The van der Waals surface area contributed by atoms with Gasteiger partial charge in [-0.2, -0.15) is 0 Å². The van der Waals surface area contributed by atoms with Gasteiger partial charge in [-0.3, -0.25) is 4.90 Å². The van der Waals surface area contributed by atoms with E-state index in [-0.39, 0.29) is 17.9 Å². The van der Waals surface area contributed by atoms with E-state index in [1.807, 2.05) is 12.1 Å². The second-order valence-electron chi connectivity index (χ2n) is 14.7. The summed E-state index contributed by atoms with van der Waals surface area (Å²) in [6.45, 7) is 3.47. The molecule has 0 spiro atoms. The number of hydrogen-bond acceptors (Lipinski definition) is 3. The Morgan fingerprint density at radius 1 is 0.782 bits per heavy atom. The van der Waals surface area contributed by atoms with Crippen molar-refractivity contribution in [1.82, 2.24) is 9.88 Å². The number of rotatable bonds is 11. The van der Waals surface area contributed by atoms with Crippen LogP contribution in [0.25, 0.3) is 10.9 Å². The van der Waals surface area contributed by atoms with Crippen LogP contribution in [0.1, 0.15) is 51.2 Å². The molecule has 0 saturated carbocycles. The van der Waals surface area contributed by atoms with Crippen molar-refractivity contribution < 1.29 is 13.9 Å². The van der Waals surface area contributed by atoms with Gasteiger partial charge in [0.05, 0.1) is 13.2 Å². The molecule has 0 amide bonds. The lowest BCUT2D eigenvalue weighted by Crippen LogP contribution is -2.75. The van der Waals surface area contributed by atoms with Gasteiger partial charge in [0.2, 0.25) is 0 Å². The van der Waals surface area contributed by atoms with Crippen LogP contribution in [0.4, 0.5) is 4.39 Å². The van der Waals surface area contributed by atoms with Gasteiger partial charge in [-0.05, 0) is 77.9 Å². The second-order valence-corrected chi connectivity index (χ2v) is 14.7. The minimum Gasteiger partial charge on any atom is -0.493 e. The molecule has 0 saturated heterocycles. The van der Waals surface area contributed by atoms with Crippen molar-refractivity contribution in [3.8, 4) is 11.5 Å². The fraction of sp³-hybridized carbons (Fsp3) is 0.235. The van der Waals surface area contributed by atoms with Gasteiger partial charge in [0.1, 0.15) is 12.4 Å². The number of para-hydroxylation sites is 1. The highest BCUT2D eigenvalue weighted by atomic mass is 19.1. The number of aryl methyl sites for hydroxylation is 1. The van der Waals surface area contributed by atoms with Gasteiger partial charge in [0.25, 0.3) is 0 Å². The molecule has 2 aliphatic rings. The van der Waals surface area contributed by atoms with E-state index in [0.29, 0.717) is 6.61 Å². The Hall–Kier alpha value is -3.05. The molecule has 0 bridgehead atoms. The number of ether oxygens (including phenoxy) is 2. The summed E-state index contributed by atoms with van der Waals surface area (Å²) in [7, 11) is 52.1. The Morgan fingerprint density at radius 3 is 2.05 bits per heavy atom. The molecule has 55 heavy (non-hydrogen) atoms. The standard InChI is InChI=1S/C34H31FN2O2.B16/c1-21-7-9-22(10-8-21)20-39-32-19-27-24(17-31(32)38-2)15-16-37-30(27)18-28-26-5-3-4-6-29(26)36-33(28)34(37)23-11-13-25(35)14-12-23;1-10(2)14(9)16(13(7)8)15(11(3)4)12(5)6/h3-14,17,19,30,34,36H,15-16,18,20H2,1-2H3;. The first-order valence-electron chi connectivity index (χ1n) is 18.6. The van der Waals surface area contributed by atoms with E-state index >= 15 is 0 Å². The molecule has 2 atom stereocenters. The summed E-state index contributed by atoms with van der Waals surface area (Å²) in [4.78, 5) is 6.30. The predicted octanol–water partition coefficient (Wildman–Crippen LogP) is 1.36. The van der Waals surface area contributed by atoms with Crippen LogP contribution in [0, 0.1) is 12.7 Å². The topological polar surface area (TPSA) is 37.5 Å². The highest BCUT2D eigenvalue weighted by Crippen LogP contribution is 2.49. The molecular weight excluding hydrogens is 660 g/mol. The summed E-state index contributed by atoms with van der Waals surface area (Å²) in [6.07, 6.45) is -3.22. The van der Waals surface area contributed by atoms with Gasteiger partial charge in [-0.25, -0.2) is 4.39 Å². The lowest BCUT2D eigenvalue weighted by atomic mass is 8.44. The molecule has 3 heterocycles. The number of aromatic amines is 1. The fourth-order valence-electron chi connectivity index (χ4n) is 8.22. The van der Waals surface area contributed by atoms with Crippen LogP contribution >= 0.6 is 0 Å². The molecule has 18 radical (unpaired) electrons. The van der Waals surface area contributed by atoms with Gasteiger partial charge in [-0.1, -0.05) is 60.2 Å². The van der Waals surface area contributed by atoms with Crippen molar-refractivity contribution in [1.29, 1.82) is 0 Å². The van der Waals surface area contributed by atoms with Crippen LogP contribution in [0.2, 0.25) is 0 Å². The number of benzene rings is 4. The summed E-state index contributed by atoms with van der Waals surface area (Å²) in [5, 5.41) is 1.26. The Morgan fingerprint density at radius 2 is 1.44 bits per heavy atom. The fourth-order valence-corrected chi connectivity index (χ4v) is 8.22. The van der Waals surface area contributed by atoms with Crippen molar-refractivity contribution in [3.05, 3.63) is 130 Å². The van der Waals surface area contributed by atoms with Crippen molar-refractivity contribution in [2.45, 2.75) is 38.5 Å². The van der Waals surface area contributed by atoms with Crippen LogP contribution in [0.5, 0.6) is 11.5 Å². The maximum absolute atomic E-state index is 13.9. The average Bonchev–Trinajstić information content (AvgIpc) is 3.53. The van der Waals surface area contributed by atoms with E-state index in [2.05, 4.69) is 77.5 Å². The third kappa shape index (κ3) is 9.08. The van der Waals surface area contributed by atoms with Crippen LogP contribution in [0.15, 0.2) is 84.9 Å². The number of H-pyrrole nitrogens is 1. The zero-order valence-corrected chi connectivity index (χ0v) is 31.4. The number of hydrogen-bond donors (Lipinski definition) is 1. The van der Waals surface area contributed by atoms with Crippen molar-refractivity contribution in [3.63, 3.8) is 0 Å². The highest BCUT2D eigenvalue weighted by Gasteiger charge is 2.42. The number of aromatic nitrogens is 1. The molecule has 4 nitrogen and oxygen atoms in total. The summed E-state index contributed by atoms with van der Waals surface area (Å²) < 4.78 is 26.1. The van der Waals surface area contributed by atoms with E-state index in [0.717, 1.165) is 47.5 Å². The predicted molar refractivity (Wildman–Crippen MR) is 244 cm³/mol. The quantitative estimate of drug-likeness (QED) is 0.213. The molecule has 0 aliphatic carbocycles. The number of fused-ring (bicyclic) bond motifs is 6. The zero-order valence-electron chi connectivity index (χ0n) is 31.4. The number of methoxy groups -OCH3 is 1. The molecule has 1 aromatic heterocycles. The van der Waals surface area contributed by atoms with Crippen molar-refractivity contribution in [2.75, 3.05) is 13.7 Å². The zero-order chi connectivity index (χ0) is 39.6. The molecule has 1 N–H and O–H groups in total. The summed E-state index contributed by atoms with van der Waals surface area (Å²) >= 11 is 0. The van der Waals surface area contributed by atoms with E-state index in [4.69, 9.17) is 79.1 Å². The first kappa shape index (κ1) is 41.6. The van der Waals surface area contributed by atoms with Crippen molar-refractivity contribution in [2.24, 2.45) is 0 Å². The monoisotopic (exact) mass is 694 g/mol. The largest absolute Gasteiger partial charge is 0.493 e. The summed E-state index contributed by atoms with van der Waals surface area (Å²) in [6, 6.07) is 28.5. The normalized spacial score (nSPS) is 15.6. The van der Waals surface area contributed by atoms with E-state index in [1.165, 1.54) is 33.3 Å². The minimum absolute atomic E-state index is 0.0129. The SMILES string of the molecule is COc1cc2c(cc1OCc1ccc(C)cc1)C1Cc3c([nH]c4ccccc34)C(c3ccc(F)cc3)N1CC2.[B]B([B])B([B])B(B([B])[B])B(B([B])[B])B([B])[B]. The third-order valence-electron chi connectivity index (χ3n) is 11.0. The molecule has 5 aromatic rings. The minimum atomic E-state index is -0.807. The van der Waals surface area contributed by atoms with Crippen LogP contribution in [-0.2, 0) is 19.4 Å². The molecule has 2 unspecified atom stereocenters. The van der Waals surface area contributed by atoms with Gasteiger partial charge in [0.15, 0.2) is 11.5 Å². The molecule has 21 heteroatoms. The van der Waals surface area contributed by atoms with Crippen molar-refractivity contribution >= 4 is 125 Å². The van der Waals surface area contributed by atoms with Crippen LogP contribution in [-0.4, -0.2) is 138 Å². The Bertz CT molecular complexity index is 2050. The Balaban J connectivity index is 0.000000274. The number of halogens is 1. The molecule has 7 rings (SSSR count).